The maximum Gasteiger partial charge on any atom is 0.170 e. The Hall–Kier alpha value is -2.39. The number of benzene rings is 2. The molecule has 0 N–H and O–H groups in total. The first-order valence-corrected chi connectivity index (χ1v) is 6.85. The molecule has 1 aromatic heterocycles. The molecule has 0 spiro atoms. The van der Waals surface area contributed by atoms with Crippen molar-refractivity contribution in [1.29, 1.82) is 5.26 Å². The van der Waals surface area contributed by atoms with E-state index < -0.39 is 5.82 Å². The number of fused-ring (bicyclic) bond motifs is 1. The zero-order valence-electron chi connectivity index (χ0n) is 11.0. The average Bonchev–Trinajstić information content (AvgIpc) is 2.85. The van der Waals surface area contributed by atoms with E-state index in [2.05, 4.69) is 27.1 Å². The van der Waals surface area contributed by atoms with E-state index >= 15 is 0 Å². The molecule has 0 amide bonds. The van der Waals surface area contributed by atoms with Crippen LogP contribution in [0.15, 0.2) is 40.9 Å². The van der Waals surface area contributed by atoms with E-state index in [0.717, 1.165) is 15.4 Å². The fourth-order valence-corrected chi connectivity index (χ4v) is 2.51. The fraction of sp³-hybridized carbons (Fsp3) is 0.0667. The smallest absolute Gasteiger partial charge is 0.170 e. The SMILES string of the molecule is COc1cc(-n2nc(C#N)c3cc(Br)ccc32)ccc1F. The number of ether oxygens (including phenoxy) is 1. The predicted octanol–water partition coefficient (Wildman–Crippen LogP) is 3.81. The van der Waals surface area contributed by atoms with Crippen LogP contribution in [0.3, 0.4) is 0 Å². The Morgan fingerprint density at radius 2 is 2.10 bits per heavy atom. The number of halogens is 2. The van der Waals surface area contributed by atoms with Crippen LogP contribution >= 0.6 is 15.9 Å². The Labute approximate surface area is 128 Å². The molecule has 0 radical (unpaired) electrons. The summed E-state index contributed by atoms with van der Waals surface area (Å²) in [5, 5.41) is 14.2. The van der Waals surface area contributed by atoms with Gasteiger partial charge in [0.1, 0.15) is 6.07 Å². The van der Waals surface area contributed by atoms with Crippen LogP contribution in [0.5, 0.6) is 5.75 Å². The molecule has 21 heavy (non-hydrogen) atoms. The van der Waals surface area contributed by atoms with E-state index in [1.165, 1.54) is 13.2 Å². The third-order valence-electron chi connectivity index (χ3n) is 3.13. The van der Waals surface area contributed by atoms with Crippen LogP contribution in [0.1, 0.15) is 5.69 Å². The van der Waals surface area contributed by atoms with Crippen LogP contribution in [0, 0.1) is 17.1 Å². The molecule has 1 heterocycles. The predicted molar refractivity (Wildman–Crippen MR) is 80.0 cm³/mol. The fourth-order valence-electron chi connectivity index (χ4n) is 2.15. The number of nitriles is 1. The molecule has 6 heteroatoms. The highest BCUT2D eigenvalue weighted by Gasteiger charge is 2.13. The highest BCUT2D eigenvalue weighted by molar-refractivity contribution is 9.10. The zero-order chi connectivity index (χ0) is 15.0. The zero-order valence-corrected chi connectivity index (χ0v) is 12.6. The topological polar surface area (TPSA) is 50.8 Å². The monoisotopic (exact) mass is 345 g/mol. The minimum atomic E-state index is -0.444. The van der Waals surface area contributed by atoms with Gasteiger partial charge >= 0.3 is 0 Å². The van der Waals surface area contributed by atoms with E-state index in [0.29, 0.717) is 11.4 Å². The van der Waals surface area contributed by atoms with E-state index in [9.17, 15) is 9.65 Å². The van der Waals surface area contributed by atoms with Gasteiger partial charge in [-0.05, 0) is 30.3 Å². The van der Waals surface area contributed by atoms with Gasteiger partial charge in [-0.15, -0.1) is 0 Å². The summed E-state index contributed by atoms with van der Waals surface area (Å²) in [7, 11) is 1.40. The second-order valence-corrected chi connectivity index (χ2v) is 5.27. The highest BCUT2D eigenvalue weighted by Crippen LogP contribution is 2.27. The van der Waals surface area contributed by atoms with Crippen LogP contribution in [-0.4, -0.2) is 16.9 Å². The summed E-state index contributed by atoms with van der Waals surface area (Å²) in [6, 6.07) is 12.1. The molecule has 104 valence electrons. The molecule has 0 bridgehead atoms. The Bertz CT molecular complexity index is 882. The average molecular weight is 346 g/mol. The number of nitrogens with zero attached hydrogens (tertiary/aromatic N) is 3. The quantitative estimate of drug-likeness (QED) is 0.709. The minimum Gasteiger partial charge on any atom is -0.494 e. The Kier molecular flexibility index (Phi) is 3.35. The molecule has 3 aromatic rings. The second-order valence-electron chi connectivity index (χ2n) is 4.35. The summed E-state index contributed by atoms with van der Waals surface area (Å²) in [5.74, 6) is -0.312. The van der Waals surface area contributed by atoms with Crippen LogP contribution in [0.4, 0.5) is 4.39 Å². The number of aromatic nitrogens is 2. The van der Waals surface area contributed by atoms with Gasteiger partial charge in [-0.3, -0.25) is 0 Å². The Morgan fingerprint density at radius 1 is 1.29 bits per heavy atom. The van der Waals surface area contributed by atoms with Gasteiger partial charge < -0.3 is 4.74 Å². The molecule has 2 aromatic carbocycles. The molecule has 0 aliphatic rings. The molecule has 0 saturated heterocycles. The summed E-state index contributed by atoms with van der Waals surface area (Å²) < 4.78 is 21.0. The van der Waals surface area contributed by atoms with Crippen LogP contribution < -0.4 is 4.74 Å². The molecule has 0 fully saturated rings. The van der Waals surface area contributed by atoms with Crippen molar-refractivity contribution >= 4 is 26.8 Å². The van der Waals surface area contributed by atoms with Crippen molar-refractivity contribution in [2.75, 3.05) is 7.11 Å². The van der Waals surface area contributed by atoms with Gasteiger partial charge in [-0.1, -0.05) is 15.9 Å². The standard InChI is InChI=1S/C15H9BrFN3O/c1-21-15-7-10(3-4-12(15)17)20-14-5-2-9(16)6-11(14)13(8-18)19-20/h2-7H,1H3. The number of methoxy groups -OCH3 is 1. The highest BCUT2D eigenvalue weighted by atomic mass is 79.9. The van der Waals surface area contributed by atoms with Crippen molar-refractivity contribution in [2.45, 2.75) is 0 Å². The summed E-state index contributed by atoms with van der Waals surface area (Å²) in [6.45, 7) is 0. The van der Waals surface area contributed by atoms with Gasteiger partial charge in [-0.25, -0.2) is 9.07 Å². The lowest BCUT2D eigenvalue weighted by Gasteiger charge is -2.07. The summed E-state index contributed by atoms with van der Waals surface area (Å²) >= 11 is 3.38. The largest absolute Gasteiger partial charge is 0.494 e. The molecule has 0 unspecified atom stereocenters. The molecule has 0 saturated carbocycles. The lowest BCUT2D eigenvalue weighted by Crippen LogP contribution is -1.98. The minimum absolute atomic E-state index is 0.131. The molecule has 0 aliphatic heterocycles. The third kappa shape index (κ3) is 2.26. The van der Waals surface area contributed by atoms with E-state index in [1.54, 1.807) is 16.8 Å². The van der Waals surface area contributed by atoms with Crippen molar-refractivity contribution in [3.8, 4) is 17.5 Å². The van der Waals surface area contributed by atoms with Gasteiger partial charge in [-0.2, -0.15) is 10.4 Å². The summed E-state index contributed by atoms with van der Waals surface area (Å²) in [5.41, 5.74) is 1.71. The van der Waals surface area contributed by atoms with E-state index in [1.807, 2.05) is 18.2 Å². The van der Waals surface area contributed by atoms with Crippen molar-refractivity contribution in [1.82, 2.24) is 9.78 Å². The van der Waals surface area contributed by atoms with Crippen molar-refractivity contribution in [3.63, 3.8) is 0 Å². The number of hydrogen-bond acceptors (Lipinski definition) is 3. The summed E-state index contributed by atoms with van der Waals surface area (Å²) in [4.78, 5) is 0. The first-order valence-electron chi connectivity index (χ1n) is 6.06. The Morgan fingerprint density at radius 3 is 2.81 bits per heavy atom. The van der Waals surface area contributed by atoms with Crippen LogP contribution in [0.2, 0.25) is 0 Å². The third-order valence-corrected chi connectivity index (χ3v) is 3.62. The first kappa shape index (κ1) is 13.6. The van der Waals surface area contributed by atoms with E-state index in [-0.39, 0.29) is 5.75 Å². The maximum absolute atomic E-state index is 13.5. The first-order chi connectivity index (χ1) is 10.1. The number of rotatable bonds is 2. The maximum atomic E-state index is 13.5. The molecular formula is C15H9BrFN3O. The van der Waals surface area contributed by atoms with Gasteiger partial charge in [0.25, 0.3) is 0 Å². The van der Waals surface area contributed by atoms with E-state index in [4.69, 9.17) is 4.74 Å². The van der Waals surface area contributed by atoms with Crippen LogP contribution in [0.25, 0.3) is 16.6 Å². The lowest BCUT2D eigenvalue weighted by atomic mass is 10.2. The normalized spacial score (nSPS) is 10.6. The van der Waals surface area contributed by atoms with Gasteiger partial charge in [0, 0.05) is 15.9 Å². The number of hydrogen-bond donors (Lipinski definition) is 0. The van der Waals surface area contributed by atoms with Crippen molar-refractivity contribution in [3.05, 3.63) is 52.4 Å². The molecule has 3 rings (SSSR count). The van der Waals surface area contributed by atoms with Gasteiger partial charge in [0.15, 0.2) is 17.3 Å². The molecule has 0 atom stereocenters. The van der Waals surface area contributed by atoms with Crippen molar-refractivity contribution < 1.29 is 9.13 Å². The lowest BCUT2D eigenvalue weighted by molar-refractivity contribution is 0.386. The second kappa shape index (κ2) is 5.19. The van der Waals surface area contributed by atoms with Gasteiger partial charge in [0.05, 0.1) is 18.3 Å². The summed E-state index contributed by atoms with van der Waals surface area (Å²) in [6.07, 6.45) is 0. The molecule has 0 aliphatic carbocycles. The van der Waals surface area contributed by atoms with Gasteiger partial charge in [0.2, 0.25) is 0 Å². The molecular weight excluding hydrogens is 337 g/mol. The molecule has 4 nitrogen and oxygen atoms in total. The van der Waals surface area contributed by atoms with Crippen molar-refractivity contribution in [2.24, 2.45) is 0 Å². The van der Waals surface area contributed by atoms with Crippen LogP contribution in [-0.2, 0) is 0 Å². The Balaban J connectivity index is 2.28.